The van der Waals surface area contributed by atoms with Gasteiger partial charge in [0.05, 0.1) is 17.9 Å². The van der Waals surface area contributed by atoms with Gasteiger partial charge in [-0.25, -0.2) is 4.98 Å². The summed E-state index contributed by atoms with van der Waals surface area (Å²) in [4.78, 5) is 4.20. The molecule has 1 unspecified atom stereocenters. The van der Waals surface area contributed by atoms with Gasteiger partial charge in [0.2, 0.25) is 0 Å². The number of nitrogens with zero attached hydrogens (tertiary/aromatic N) is 2. The van der Waals surface area contributed by atoms with Crippen LogP contribution in [-0.2, 0) is 5.41 Å². The molecule has 0 saturated carbocycles. The molecular formula is C9H12N2OS. The normalized spacial score (nSPS) is 13.8. The van der Waals surface area contributed by atoms with Gasteiger partial charge in [-0.2, -0.15) is 5.26 Å². The number of aliphatic hydroxyl groups is 1. The fourth-order valence-corrected chi connectivity index (χ4v) is 1.79. The molecule has 0 aliphatic carbocycles. The highest BCUT2D eigenvalue weighted by molar-refractivity contribution is 7.09. The SMILES string of the molecule is CC(O)c1csc(C(C)(C)C#N)n1. The average molecular weight is 196 g/mol. The molecule has 0 amide bonds. The minimum absolute atomic E-state index is 0.556. The van der Waals surface area contributed by atoms with Crippen molar-refractivity contribution in [3.63, 3.8) is 0 Å². The Bertz CT molecular complexity index is 336. The Kier molecular flexibility index (Phi) is 2.69. The van der Waals surface area contributed by atoms with Crippen molar-refractivity contribution in [3.05, 3.63) is 16.1 Å². The molecule has 70 valence electrons. The number of thiazole rings is 1. The van der Waals surface area contributed by atoms with Crippen molar-refractivity contribution in [2.45, 2.75) is 32.3 Å². The summed E-state index contributed by atoms with van der Waals surface area (Å²) in [5.41, 5.74) is 0.0842. The minimum atomic E-state index is -0.558. The average Bonchev–Trinajstić information content (AvgIpc) is 2.52. The van der Waals surface area contributed by atoms with Crippen molar-refractivity contribution in [1.82, 2.24) is 4.98 Å². The van der Waals surface area contributed by atoms with Gasteiger partial charge in [-0.15, -0.1) is 11.3 Å². The number of hydrogen-bond acceptors (Lipinski definition) is 4. The first-order chi connectivity index (χ1) is 5.97. The Hall–Kier alpha value is -0.920. The van der Waals surface area contributed by atoms with Crippen molar-refractivity contribution in [3.8, 4) is 6.07 Å². The third-order valence-electron chi connectivity index (χ3n) is 1.76. The number of aliphatic hydroxyl groups excluding tert-OH is 1. The Labute approximate surface area is 81.7 Å². The van der Waals surface area contributed by atoms with Gasteiger partial charge in [-0.1, -0.05) is 0 Å². The molecule has 1 atom stereocenters. The predicted molar refractivity (Wildman–Crippen MR) is 51.4 cm³/mol. The topological polar surface area (TPSA) is 56.9 Å². The fourth-order valence-electron chi connectivity index (χ4n) is 0.813. The highest BCUT2D eigenvalue weighted by Gasteiger charge is 2.24. The quantitative estimate of drug-likeness (QED) is 0.787. The van der Waals surface area contributed by atoms with E-state index in [0.717, 1.165) is 5.01 Å². The predicted octanol–water partition coefficient (Wildman–Crippen LogP) is 2.00. The molecule has 3 nitrogen and oxygen atoms in total. The number of rotatable bonds is 2. The van der Waals surface area contributed by atoms with Crippen LogP contribution in [0.3, 0.4) is 0 Å². The summed E-state index contributed by atoms with van der Waals surface area (Å²) >= 11 is 1.42. The van der Waals surface area contributed by atoms with Gasteiger partial charge in [-0.05, 0) is 20.8 Å². The summed E-state index contributed by atoms with van der Waals surface area (Å²) in [5.74, 6) is 0. The van der Waals surface area contributed by atoms with Crippen LogP contribution in [-0.4, -0.2) is 10.1 Å². The van der Waals surface area contributed by atoms with Crippen LogP contribution >= 0.6 is 11.3 Å². The van der Waals surface area contributed by atoms with Crippen LogP contribution in [0, 0.1) is 11.3 Å². The standard InChI is InChI=1S/C9H12N2OS/c1-6(12)7-4-13-8(11-7)9(2,3)5-10/h4,6,12H,1-3H3. The molecule has 1 aromatic heterocycles. The first-order valence-electron chi connectivity index (χ1n) is 4.02. The van der Waals surface area contributed by atoms with Crippen LogP contribution in [0.15, 0.2) is 5.38 Å². The van der Waals surface area contributed by atoms with E-state index in [1.54, 1.807) is 12.3 Å². The molecule has 0 spiro atoms. The van der Waals surface area contributed by atoms with Crippen molar-refractivity contribution in [2.24, 2.45) is 0 Å². The molecule has 13 heavy (non-hydrogen) atoms. The van der Waals surface area contributed by atoms with E-state index in [-0.39, 0.29) is 0 Å². The Morgan fingerprint density at radius 1 is 1.69 bits per heavy atom. The van der Waals surface area contributed by atoms with Crippen LogP contribution in [0.4, 0.5) is 0 Å². The second-order valence-corrected chi connectivity index (χ2v) is 4.35. The maximum atomic E-state index is 9.24. The zero-order valence-electron chi connectivity index (χ0n) is 7.90. The zero-order chi connectivity index (χ0) is 10.1. The fraction of sp³-hybridized carbons (Fsp3) is 0.556. The smallest absolute Gasteiger partial charge is 0.113 e. The van der Waals surface area contributed by atoms with Crippen LogP contribution in [0.1, 0.15) is 37.6 Å². The van der Waals surface area contributed by atoms with E-state index >= 15 is 0 Å². The summed E-state index contributed by atoms with van der Waals surface area (Å²) in [6.45, 7) is 5.30. The van der Waals surface area contributed by atoms with Crippen molar-refractivity contribution < 1.29 is 5.11 Å². The lowest BCUT2D eigenvalue weighted by Crippen LogP contribution is -2.13. The maximum absolute atomic E-state index is 9.24. The lowest BCUT2D eigenvalue weighted by atomic mass is 9.97. The van der Waals surface area contributed by atoms with Gasteiger partial charge in [0, 0.05) is 5.38 Å². The summed E-state index contributed by atoms with van der Waals surface area (Å²) in [5, 5.41) is 20.6. The van der Waals surface area contributed by atoms with E-state index in [1.165, 1.54) is 11.3 Å². The molecule has 0 radical (unpaired) electrons. The highest BCUT2D eigenvalue weighted by Crippen LogP contribution is 2.27. The molecule has 0 bridgehead atoms. The van der Waals surface area contributed by atoms with E-state index in [1.807, 2.05) is 13.8 Å². The van der Waals surface area contributed by atoms with Gasteiger partial charge in [0.1, 0.15) is 10.4 Å². The Morgan fingerprint density at radius 2 is 2.31 bits per heavy atom. The third-order valence-corrected chi connectivity index (χ3v) is 2.95. The Balaban J connectivity index is 3.00. The molecule has 1 aromatic rings. The molecule has 0 saturated heterocycles. The van der Waals surface area contributed by atoms with Crippen molar-refractivity contribution in [1.29, 1.82) is 5.26 Å². The number of aromatic nitrogens is 1. The lowest BCUT2D eigenvalue weighted by molar-refractivity contribution is 0.194. The van der Waals surface area contributed by atoms with Crippen LogP contribution in [0.25, 0.3) is 0 Å². The van der Waals surface area contributed by atoms with E-state index in [4.69, 9.17) is 5.26 Å². The monoisotopic (exact) mass is 196 g/mol. The number of hydrogen-bond donors (Lipinski definition) is 1. The third kappa shape index (κ3) is 2.06. The van der Waals surface area contributed by atoms with Crippen LogP contribution in [0.5, 0.6) is 0 Å². The summed E-state index contributed by atoms with van der Waals surface area (Å²) in [6.07, 6.45) is -0.556. The number of nitriles is 1. The maximum Gasteiger partial charge on any atom is 0.113 e. The van der Waals surface area contributed by atoms with Crippen molar-refractivity contribution >= 4 is 11.3 Å². The summed E-state index contributed by atoms with van der Waals surface area (Å²) < 4.78 is 0. The van der Waals surface area contributed by atoms with E-state index in [2.05, 4.69) is 11.1 Å². The largest absolute Gasteiger partial charge is 0.387 e. The zero-order valence-corrected chi connectivity index (χ0v) is 8.72. The van der Waals surface area contributed by atoms with Crippen molar-refractivity contribution in [2.75, 3.05) is 0 Å². The van der Waals surface area contributed by atoms with Gasteiger partial charge in [0.25, 0.3) is 0 Å². The molecular weight excluding hydrogens is 184 g/mol. The molecule has 0 aromatic carbocycles. The van der Waals surface area contributed by atoms with E-state index < -0.39 is 11.5 Å². The molecule has 0 aliphatic rings. The van der Waals surface area contributed by atoms with Crippen LogP contribution in [0.2, 0.25) is 0 Å². The molecule has 1 heterocycles. The second kappa shape index (κ2) is 3.44. The molecule has 4 heteroatoms. The molecule has 1 N–H and O–H groups in total. The molecule has 0 aliphatic heterocycles. The first-order valence-corrected chi connectivity index (χ1v) is 4.90. The first kappa shape index (κ1) is 10.2. The highest BCUT2D eigenvalue weighted by atomic mass is 32.1. The van der Waals surface area contributed by atoms with Gasteiger partial charge >= 0.3 is 0 Å². The summed E-state index contributed by atoms with van der Waals surface area (Å²) in [7, 11) is 0. The van der Waals surface area contributed by atoms with Crippen LogP contribution < -0.4 is 0 Å². The molecule has 1 rings (SSSR count). The van der Waals surface area contributed by atoms with Gasteiger partial charge in [-0.3, -0.25) is 0 Å². The second-order valence-electron chi connectivity index (χ2n) is 3.49. The lowest BCUT2D eigenvalue weighted by Gasteiger charge is -2.10. The van der Waals surface area contributed by atoms with Gasteiger partial charge in [0.15, 0.2) is 0 Å². The summed E-state index contributed by atoms with van der Waals surface area (Å²) in [6, 6.07) is 2.18. The molecule has 0 fully saturated rings. The minimum Gasteiger partial charge on any atom is -0.387 e. The van der Waals surface area contributed by atoms with E-state index in [9.17, 15) is 5.11 Å². The van der Waals surface area contributed by atoms with E-state index in [0.29, 0.717) is 5.69 Å². The van der Waals surface area contributed by atoms with Gasteiger partial charge < -0.3 is 5.11 Å². The Morgan fingerprint density at radius 3 is 2.69 bits per heavy atom.